The molecule has 2 fully saturated rings. The van der Waals surface area contributed by atoms with E-state index in [2.05, 4.69) is 16.7 Å². The Labute approximate surface area is 97.5 Å². The molecule has 0 radical (unpaired) electrons. The molecule has 2 aliphatic rings. The monoisotopic (exact) mass is 229 g/mol. The smallest absolute Gasteiger partial charge is 0.0790 e. The molecule has 2 heterocycles. The van der Waals surface area contributed by atoms with Gasteiger partial charge in [-0.3, -0.25) is 9.80 Å². The summed E-state index contributed by atoms with van der Waals surface area (Å²) in [5.74, 6) is 0. The molecule has 0 aromatic rings. The molecule has 0 aromatic heterocycles. The normalized spacial score (nSPS) is 28.9. The van der Waals surface area contributed by atoms with E-state index >= 15 is 0 Å². The Morgan fingerprint density at radius 3 is 2.06 bits per heavy atom. The van der Waals surface area contributed by atoms with E-state index in [0.29, 0.717) is 0 Å². The molecule has 0 aliphatic carbocycles. The van der Waals surface area contributed by atoms with Crippen molar-refractivity contribution < 1.29 is 9.47 Å². The number of nitrogens with two attached hydrogens (primary N) is 1. The summed E-state index contributed by atoms with van der Waals surface area (Å²) in [6.45, 7) is 10.2. The summed E-state index contributed by atoms with van der Waals surface area (Å²) in [6, 6.07) is 0. The van der Waals surface area contributed by atoms with E-state index in [-0.39, 0.29) is 5.66 Å². The molecule has 2 aliphatic heterocycles. The number of hydrogen-bond donors (Lipinski definition) is 1. The second-order valence-electron chi connectivity index (χ2n) is 4.85. The van der Waals surface area contributed by atoms with Crippen molar-refractivity contribution >= 4 is 0 Å². The lowest BCUT2D eigenvalue weighted by molar-refractivity contribution is -0.0407. The van der Waals surface area contributed by atoms with Crippen LogP contribution in [0, 0.1) is 0 Å². The van der Waals surface area contributed by atoms with Crippen LogP contribution in [-0.4, -0.2) is 74.6 Å². The Balaban J connectivity index is 1.84. The number of ether oxygens (including phenoxy) is 2. The van der Waals surface area contributed by atoms with Crippen LogP contribution in [0.15, 0.2) is 0 Å². The van der Waals surface area contributed by atoms with Gasteiger partial charge in [0.05, 0.1) is 32.1 Å². The maximum atomic E-state index is 6.41. The third-order valence-electron chi connectivity index (χ3n) is 3.38. The molecular weight excluding hydrogens is 206 g/mol. The zero-order valence-electron chi connectivity index (χ0n) is 10.2. The van der Waals surface area contributed by atoms with Gasteiger partial charge in [0.15, 0.2) is 0 Å². The highest BCUT2D eigenvalue weighted by Gasteiger charge is 2.31. The molecule has 94 valence electrons. The van der Waals surface area contributed by atoms with Gasteiger partial charge >= 0.3 is 0 Å². The first-order valence-corrected chi connectivity index (χ1v) is 6.10. The maximum Gasteiger partial charge on any atom is 0.0790 e. The molecule has 2 saturated heterocycles. The minimum Gasteiger partial charge on any atom is -0.379 e. The van der Waals surface area contributed by atoms with E-state index in [1.54, 1.807) is 0 Å². The van der Waals surface area contributed by atoms with Crippen molar-refractivity contribution in [2.24, 2.45) is 5.73 Å². The molecule has 0 spiro atoms. The highest BCUT2D eigenvalue weighted by atomic mass is 16.5. The lowest BCUT2D eigenvalue weighted by Crippen LogP contribution is -2.63. The molecule has 2 N–H and O–H groups in total. The Morgan fingerprint density at radius 1 is 1.00 bits per heavy atom. The summed E-state index contributed by atoms with van der Waals surface area (Å²) in [7, 11) is 0. The molecule has 16 heavy (non-hydrogen) atoms. The molecule has 5 heteroatoms. The summed E-state index contributed by atoms with van der Waals surface area (Å²) in [4.78, 5) is 4.71. The lowest BCUT2D eigenvalue weighted by Gasteiger charge is -2.43. The Bertz CT molecular complexity index is 211. The van der Waals surface area contributed by atoms with Crippen LogP contribution < -0.4 is 5.73 Å². The molecule has 0 saturated carbocycles. The maximum absolute atomic E-state index is 6.41. The van der Waals surface area contributed by atoms with Gasteiger partial charge in [-0.05, 0) is 6.92 Å². The average Bonchev–Trinajstić information content (AvgIpc) is 2.31. The fourth-order valence-corrected chi connectivity index (χ4v) is 2.39. The summed E-state index contributed by atoms with van der Waals surface area (Å²) in [5, 5.41) is 0. The SMILES string of the molecule is CC(N)(CN1CCOCC1)N1CCOCC1. The summed E-state index contributed by atoms with van der Waals surface area (Å²) < 4.78 is 10.7. The van der Waals surface area contributed by atoms with Crippen molar-refractivity contribution in [3.8, 4) is 0 Å². The minimum atomic E-state index is -0.249. The standard InChI is InChI=1S/C11H23N3O2/c1-11(12,14-4-8-16-9-5-14)10-13-2-6-15-7-3-13/h2-10,12H2,1H3. The summed E-state index contributed by atoms with van der Waals surface area (Å²) >= 11 is 0. The van der Waals surface area contributed by atoms with Gasteiger partial charge in [0.1, 0.15) is 0 Å². The third-order valence-corrected chi connectivity index (χ3v) is 3.38. The van der Waals surface area contributed by atoms with E-state index in [4.69, 9.17) is 15.2 Å². The van der Waals surface area contributed by atoms with Crippen molar-refractivity contribution in [1.29, 1.82) is 0 Å². The van der Waals surface area contributed by atoms with Crippen LogP contribution in [0.25, 0.3) is 0 Å². The largest absolute Gasteiger partial charge is 0.379 e. The fourth-order valence-electron chi connectivity index (χ4n) is 2.39. The Morgan fingerprint density at radius 2 is 1.50 bits per heavy atom. The van der Waals surface area contributed by atoms with Gasteiger partial charge in [-0.1, -0.05) is 0 Å². The molecule has 2 rings (SSSR count). The van der Waals surface area contributed by atoms with Gasteiger partial charge in [-0.25, -0.2) is 0 Å². The third kappa shape index (κ3) is 3.15. The predicted molar refractivity (Wildman–Crippen MR) is 62.2 cm³/mol. The van der Waals surface area contributed by atoms with E-state index in [0.717, 1.165) is 59.2 Å². The van der Waals surface area contributed by atoms with E-state index in [1.807, 2.05) is 0 Å². The van der Waals surface area contributed by atoms with Gasteiger partial charge in [0, 0.05) is 32.7 Å². The van der Waals surface area contributed by atoms with Crippen molar-refractivity contribution in [1.82, 2.24) is 9.80 Å². The van der Waals surface area contributed by atoms with Crippen LogP contribution in [0.3, 0.4) is 0 Å². The molecule has 0 bridgehead atoms. The Kier molecular flexibility index (Phi) is 4.16. The highest BCUT2D eigenvalue weighted by Crippen LogP contribution is 2.13. The second-order valence-corrected chi connectivity index (χ2v) is 4.85. The number of rotatable bonds is 3. The minimum absolute atomic E-state index is 0.249. The molecule has 1 atom stereocenters. The van der Waals surface area contributed by atoms with Crippen LogP contribution in [0.1, 0.15) is 6.92 Å². The van der Waals surface area contributed by atoms with Gasteiger partial charge in [0.25, 0.3) is 0 Å². The van der Waals surface area contributed by atoms with E-state index < -0.39 is 0 Å². The second kappa shape index (κ2) is 5.42. The lowest BCUT2D eigenvalue weighted by atomic mass is 10.1. The summed E-state index contributed by atoms with van der Waals surface area (Å²) in [6.07, 6.45) is 0. The molecular formula is C11H23N3O2. The molecule has 0 amide bonds. The zero-order chi connectivity index (χ0) is 11.4. The van der Waals surface area contributed by atoms with Crippen LogP contribution >= 0.6 is 0 Å². The van der Waals surface area contributed by atoms with Crippen LogP contribution in [0.5, 0.6) is 0 Å². The predicted octanol–water partition coefficient (Wildman–Crippen LogP) is -0.674. The Hall–Kier alpha value is -0.200. The topological polar surface area (TPSA) is 51.0 Å². The fraction of sp³-hybridized carbons (Fsp3) is 1.00. The van der Waals surface area contributed by atoms with Gasteiger partial charge in [-0.15, -0.1) is 0 Å². The van der Waals surface area contributed by atoms with Gasteiger partial charge in [0.2, 0.25) is 0 Å². The van der Waals surface area contributed by atoms with Crippen LogP contribution in [0.4, 0.5) is 0 Å². The number of hydrogen-bond acceptors (Lipinski definition) is 5. The first kappa shape index (κ1) is 12.3. The van der Waals surface area contributed by atoms with Crippen molar-refractivity contribution in [2.45, 2.75) is 12.6 Å². The summed E-state index contributed by atoms with van der Waals surface area (Å²) in [5.41, 5.74) is 6.16. The molecule has 5 nitrogen and oxygen atoms in total. The molecule has 0 aromatic carbocycles. The zero-order valence-corrected chi connectivity index (χ0v) is 10.2. The van der Waals surface area contributed by atoms with Crippen molar-refractivity contribution in [2.75, 3.05) is 59.2 Å². The number of morpholine rings is 2. The van der Waals surface area contributed by atoms with Crippen LogP contribution in [-0.2, 0) is 9.47 Å². The average molecular weight is 229 g/mol. The van der Waals surface area contributed by atoms with E-state index in [9.17, 15) is 0 Å². The quantitative estimate of drug-likeness (QED) is 0.695. The van der Waals surface area contributed by atoms with Crippen LogP contribution in [0.2, 0.25) is 0 Å². The van der Waals surface area contributed by atoms with Gasteiger partial charge < -0.3 is 15.2 Å². The van der Waals surface area contributed by atoms with Crippen molar-refractivity contribution in [3.05, 3.63) is 0 Å². The van der Waals surface area contributed by atoms with E-state index in [1.165, 1.54) is 0 Å². The number of nitrogens with zero attached hydrogens (tertiary/aromatic N) is 2. The van der Waals surface area contributed by atoms with Crippen molar-refractivity contribution in [3.63, 3.8) is 0 Å². The van der Waals surface area contributed by atoms with Gasteiger partial charge in [-0.2, -0.15) is 0 Å². The molecule has 1 unspecified atom stereocenters. The first-order valence-electron chi connectivity index (χ1n) is 6.10. The first-order chi connectivity index (χ1) is 7.68. The highest BCUT2D eigenvalue weighted by molar-refractivity contribution is 4.85.